The van der Waals surface area contributed by atoms with Crippen molar-refractivity contribution < 1.29 is 22.6 Å². The van der Waals surface area contributed by atoms with E-state index in [2.05, 4.69) is 20.1 Å². The van der Waals surface area contributed by atoms with Gasteiger partial charge in [-0.25, -0.2) is 9.67 Å². The van der Waals surface area contributed by atoms with E-state index >= 15 is 0 Å². The highest BCUT2D eigenvalue weighted by Gasteiger charge is 2.26. The number of nitrogens with one attached hydrogen (secondary N) is 2. The molecule has 0 radical (unpaired) electrons. The highest BCUT2D eigenvalue weighted by Crippen LogP contribution is 2.42. The molecule has 7 aromatic rings. The first-order chi connectivity index (χ1) is 22.8. The van der Waals surface area contributed by atoms with Gasteiger partial charge in [0.25, 0.3) is 5.88 Å². The Kier molecular flexibility index (Phi) is 7.69. The molecule has 238 valence electrons. The molecule has 0 aliphatic carbocycles. The molecule has 0 saturated heterocycles. The second-order valence-electron chi connectivity index (χ2n) is 10.8. The molecule has 0 saturated carbocycles. The van der Waals surface area contributed by atoms with Crippen LogP contribution in [0.1, 0.15) is 16.7 Å². The number of anilines is 1. The van der Waals surface area contributed by atoms with Crippen LogP contribution in [-0.2, 0) is 11.3 Å². The van der Waals surface area contributed by atoms with E-state index in [1.807, 2.05) is 75.4 Å². The molecular weight excluding hydrogens is 620 g/mol. The van der Waals surface area contributed by atoms with Gasteiger partial charge in [0.1, 0.15) is 11.3 Å². The number of benzene rings is 4. The fourth-order valence-electron chi connectivity index (χ4n) is 5.11. The molecule has 47 heavy (non-hydrogen) atoms. The summed E-state index contributed by atoms with van der Waals surface area (Å²) in [6, 6.07) is 24.3. The molecule has 1 atom stereocenters. The van der Waals surface area contributed by atoms with Gasteiger partial charge in [-0.3, -0.25) is 9.82 Å². The van der Waals surface area contributed by atoms with Gasteiger partial charge in [-0.2, -0.15) is 4.21 Å². The zero-order chi connectivity index (χ0) is 32.7. The highest BCUT2D eigenvalue weighted by molar-refractivity contribution is 7.82. The van der Waals surface area contributed by atoms with Gasteiger partial charge < -0.3 is 18.4 Å². The zero-order valence-electron chi connectivity index (χ0n) is 26.1. The zero-order valence-corrected chi connectivity index (χ0v) is 27.0. The smallest absolute Gasteiger partial charge is 0.316 e. The van der Waals surface area contributed by atoms with Crippen LogP contribution in [0.3, 0.4) is 0 Å². The van der Waals surface area contributed by atoms with E-state index in [1.54, 1.807) is 43.2 Å². The molecule has 3 aromatic heterocycles. The first-order valence-electron chi connectivity index (χ1n) is 14.6. The standard InChI is InChI=1S/C33H30N8O5S/c1-19-13-15-24-25(16-19)40(39-35-24)29-32-34-31(36-41(32)37-33(29)45-30-26(43-4)10-7-11-27(30)44-5)22-8-6-9-23(18-22)38-47(42)46-28-17-20(2)12-14-21(28)3/h6-18,38H,1-5H3,(H,34,36). The maximum absolute atomic E-state index is 12.9. The third-order valence-corrected chi connectivity index (χ3v) is 8.21. The summed E-state index contributed by atoms with van der Waals surface area (Å²) in [5.74, 6) is 2.51. The van der Waals surface area contributed by atoms with Crippen LogP contribution < -0.4 is 23.1 Å². The lowest BCUT2D eigenvalue weighted by Gasteiger charge is -2.13. The van der Waals surface area contributed by atoms with Crippen molar-refractivity contribution in [2.45, 2.75) is 20.8 Å². The molecule has 1 unspecified atom stereocenters. The van der Waals surface area contributed by atoms with Crippen molar-refractivity contribution in [3.05, 3.63) is 95.6 Å². The summed E-state index contributed by atoms with van der Waals surface area (Å²) >= 11 is -1.83. The van der Waals surface area contributed by atoms with Crippen LogP contribution in [0.4, 0.5) is 5.69 Å². The molecular formula is C33H30N8O5S. The first kappa shape index (κ1) is 29.8. The number of H-pyrrole nitrogens is 1. The van der Waals surface area contributed by atoms with E-state index in [9.17, 15) is 4.21 Å². The lowest BCUT2D eigenvalue weighted by molar-refractivity contribution is 0.340. The Hall–Kier alpha value is -5.89. The Morgan fingerprint density at radius 1 is 0.851 bits per heavy atom. The van der Waals surface area contributed by atoms with Gasteiger partial charge in [-0.15, -0.1) is 14.8 Å². The molecule has 0 aliphatic heterocycles. The van der Waals surface area contributed by atoms with Crippen molar-refractivity contribution in [1.82, 2.24) is 34.8 Å². The highest BCUT2D eigenvalue weighted by atomic mass is 32.2. The normalized spacial score (nSPS) is 11.9. The van der Waals surface area contributed by atoms with E-state index in [0.717, 1.165) is 22.2 Å². The molecule has 0 spiro atoms. The average molecular weight is 651 g/mol. The number of aromatic amines is 1. The molecule has 2 N–H and O–H groups in total. The van der Waals surface area contributed by atoms with Gasteiger partial charge >= 0.3 is 11.3 Å². The van der Waals surface area contributed by atoms with E-state index in [0.29, 0.717) is 56.9 Å². The number of hydrogen-bond donors (Lipinski definition) is 2. The van der Waals surface area contributed by atoms with Gasteiger partial charge in [-0.05, 0) is 79.9 Å². The van der Waals surface area contributed by atoms with E-state index in [1.165, 1.54) is 4.63 Å². The maximum Gasteiger partial charge on any atom is 0.316 e. The number of aryl methyl sites for hydroxylation is 3. The van der Waals surface area contributed by atoms with Crippen molar-refractivity contribution >= 4 is 33.6 Å². The van der Waals surface area contributed by atoms with Crippen LogP contribution in [0.25, 0.3) is 33.8 Å². The van der Waals surface area contributed by atoms with E-state index in [-0.39, 0.29) is 5.88 Å². The molecule has 4 aromatic carbocycles. The van der Waals surface area contributed by atoms with Crippen LogP contribution in [0.15, 0.2) is 78.9 Å². The molecule has 0 bridgehead atoms. The average Bonchev–Trinajstić information content (AvgIpc) is 3.75. The number of fused-ring (bicyclic) bond motifs is 2. The van der Waals surface area contributed by atoms with E-state index in [4.69, 9.17) is 28.5 Å². The molecule has 3 heterocycles. The minimum atomic E-state index is -1.83. The maximum atomic E-state index is 12.9. The number of para-hydroxylation sites is 1. The molecule has 0 aliphatic rings. The summed E-state index contributed by atoms with van der Waals surface area (Å²) in [7, 11) is 3.10. The number of rotatable bonds is 10. The van der Waals surface area contributed by atoms with Gasteiger partial charge in [0.2, 0.25) is 11.4 Å². The van der Waals surface area contributed by atoms with Gasteiger partial charge in [0, 0.05) is 5.56 Å². The van der Waals surface area contributed by atoms with Crippen LogP contribution in [-0.4, -0.2) is 53.2 Å². The second kappa shape index (κ2) is 12.1. The summed E-state index contributed by atoms with van der Waals surface area (Å²) in [5.41, 5.74) is 6.54. The lowest BCUT2D eigenvalue weighted by atomic mass is 10.1. The van der Waals surface area contributed by atoms with Gasteiger partial charge in [-0.1, -0.05) is 41.6 Å². The Morgan fingerprint density at radius 3 is 2.38 bits per heavy atom. The Bertz CT molecular complexity index is 2270. The van der Waals surface area contributed by atoms with Crippen LogP contribution in [0.2, 0.25) is 0 Å². The summed E-state index contributed by atoms with van der Waals surface area (Å²) in [4.78, 5) is 4.90. The number of hydrogen-bond acceptors (Lipinski definition) is 9. The summed E-state index contributed by atoms with van der Waals surface area (Å²) in [6.07, 6.45) is 0. The molecule has 0 fully saturated rings. The Morgan fingerprint density at radius 2 is 1.60 bits per heavy atom. The fourth-order valence-corrected chi connectivity index (χ4v) is 5.81. The van der Waals surface area contributed by atoms with Crippen molar-refractivity contribution in [2.75, 3.05) is 18.9 Å². The van der Waals surface area contributed by atoms with Crippen LogP contribution in [0, 0.1) is 20.8 Å². The third kappa shape index (κ3) is 5.70. The first-order valence-corrected chi connectivity index (χ1v) is 15.6. The Balaban J connectivity index is 1.28. The number of methoxy groups -OCH3 is 2. The number of aromatic nitrogens is 7. The number of nitrogens with zero attached hydrogens (tertiary/aromatic N) is 6. The quantitative estimate of drug-likeness (QED) is 0.175. The van der Waals surface area contributed by atoms with Crippen molar-refractivity contribution in [2.24, 2.45) is 0 Å². The molecule has 0 amide bonds. The second-order valence-corrected chi connectivity index (χ2v) is 11.7. The Labute approximate surface area is 271 Å². The van der Waals surface area contributed by atoms with Gasteiger partial charge in [0.15, 0.2) is 23.0 Å². The molecule has 14 heteroatoms. The van der Waals surface area contributed by atoms with Crippen molar-refractivity contribution in [1.29, 1.82) is 0 Å². The van der Waals surface area contributed by atoms with Crippen molar-refractivity contribution in [3.8, 4) is 46.0 Å². The van der Waals surface area contributed by atoms with Crippen molar-refractivity contribution in [3.63, 3.8) is 0 Å². The fraction of sp³-hybridized carbons (Fsp3) is 0.152. The predicted octanol–water partition coefficient (Wildman–Crippen LogP) is 6.26. The summed E-state index contributed by atoms with van der Waals surface area (Å²) in [5, 5.41) is 16.8. The van der Waals surface area contributed by atoms with Crippen LogP contribution in [0.5, 0.6) is 28.9 Å². The minimum Gasteiger partial charge on any atom is -0.493 e. The van der Waals surface area contributed by atoms with Gasteiger partial charge in [0.05, 0.1) is 25.4 Å². The largest absolute Gasteiger partial charge is 0.493 e. The molecule has 7 rings (SSSR count). The SMILES string of the molecule is COc1cccc(OC)c1Oc1nn2[nH]c(-c3cccc(NS(=O)Oc4cc(C)ccc4C)c3)nc2c1-n1nnc2ccc(C)cc21. The summed E-state index contributed by atoms with van der Waals surface area (Å²) in [6.45, 7) is 5.85. The van der Waals surface area contributed by atoms with Crippen LogP contribution >= 0.6 is 0 Å². The third-order valence-electron chi connectivity index (χ3n) is 7.48. The predicted molar refractivity (Wildman–Crippen MR) is 178 cm³/mol. The molecule has 13 nitrogen and oxygen atoms in total. The monoisotopic (exact) mass is 650 g/mol. The number of ether oxygens (including phenoxy) is 3. The van der Waals surface area contributed by atoms with E-state index < -0.39 is 11.3 Å². The lowest BCUT2D eigenvalue weighted by Crippen LogP contribution is -2.11. The summed E-state index contributed by atoms with van der Waals surface area (Å²) < 4.78 is 42.1. The minimum absolute atomic E-state index is 0.195. The topological polar surface area (TPSA) is 143 Å².